The Labute approximate surface area is 301 Å². The van der Waals surface area contributed by atoms with Gasteiger partial charge in [-0.1, -0.05) is 48.9 Å². The van der Waals surface area contributed by atoms with Gasteiger partial charge in [-0.25, -0.2) is 0 Å². The molecule has 0 saturated heterocycles. The van der Waals surface area contributed by atoms with Crippen molar-refractivity contribution in [3.63, 3.8) is 0 Å². The molecular weight excluding hydrogens is 642 g/mol. The first kappa shape index (κ1) is 37.5. The molecule has 0 radical (unpaired) electrons. The molecule has 8 heteroatoms. The van der Waals surface area contributed by atoms with Gasteiger partial charge in [0.25, 0.3) is 0 Å². The Kier molecular flexibility index (Phi) is 13.6. The number of allylic oxidation sites excluding steroid dienone is 3. The maximum Gasteiger partial charge on any atom is 0.161 e. The third-order valence-electron chi connectivity index (χ3n) is 9.44. The second kappa shape index (κ2) is 18.4. The summed E-state index contributed by atoms with van der Waals surface area (Å²) in [6, 6.07) is 25.2. The van der Waals surface area contributed by atoms with Crippen LogP contribution in [0.4, 0.5) is 5.69 Å². The van der Waals surface area contributed by atoms with Crippen molar-refractivity contribution in [2.45, 2.75) is 77.1 Å². The van der Waals surface area contributed by atoms with Crippen LogP contribution >= 0.6 is 0 Å². The number of carbonyl (C=O) groups is 1. The topological polar surface area (TPSA) is 128 Å². The number of aryl methyl sites for hydroxylation is 2. The molecule has 1 aliphatic rings. The number of aliphatic hydroxyl groups excluding tert-OH is 3. The lowest BCUT2D eigenvalue weighted by Gasteiger charge is -2.27. The zero-order chi connectivity index (χ0) is 36.2. The van der Waals surface area contributed by atoms with E-state index in [4.69, 9.17) is 9.47 Å². The summed E-state index contributed by atoms with van der Waals surface area (Å²) in [6.07, 6.45) is 9.57. The molecule has 0 bridgehead atoms. The summed E-state index contributed by atoms with van der Waals surface area (Å²) < 4.78 is 11.7. The molecule has 0 heterocycles. The van der Waals surface area contributed by atoms with E-state index in [9.17, 15) is 25.2 Å². The van der Waals surface area contributed by atoms with Crippen LogP contribution in [-0.2, 0) is 24.2 Å². The number of hydrogen-bond donors (Lipinski definition) is 5. The van der Waals surface area contributed by atoms with Gasteiger partial charge in [0.1, 0.15) is 23.9 Å². The molecule has 5 N–H and O–H groups in total. The molecule has 4 atom stereocenters. The zero-order valence-electron chi connectivity index (χ0n) is 29.6. The third-order valence-corrected chi connectivity index (χ3v) is 9.44. The van der Waals surface area contributed by atoms with Gasteiger partial charge in [-0.3, -0.25) is 4.79 Å². The molecule has 4 aromatic rings. The predicted molar refractivity (Wildman–Crippen MR) is 203 cm³/mol. The highest BCUT2D eigenvalue weighted by Gasteiger charge is 2.25. The summed E-state index contributed by atoms with van der Waals surface area (Å²) in [6.45, 7) is 2.61. The van der Waals surface area contributed by atoms with Gasteiger partial charge in [0.05, 0.1) is 19.3 Å². The summed E-state index contributed by atoms with van der Waals surface area (Å²) in [5.41, 5.74) is 4.17. The fourth-order valence-electron chi connectivity index (χ4n) is 6.70. The number of aromatic hydroxyl groups is 1. The maximum atomic E-state index is 13.0. The van der Waals surface area contributed by atoms with E-state index < -0.39 is 12.2 Å². The smallest absolute Gasteiger partial charge is 0.161 e. The molecule has 0 aliphatic heterocycles. The Bertz CT molecular complexity index is 1810. The standard InChI is InChI=1S/C43H51NO7/c1-29(45)27-44-37-9-5-7-30(21-37)6-3-4-8-33-14-17-39(47)24-36(33)25-41(49)26-40(48)16-11-31-12-19-42(50-2)43(22-31)51-28-32-10-13-35-23-38(46)18-15-34(35)20-32/h5,7,9-10,12-15,17-24,29,33,36,41,44-47,49H,3-4,6,8,11,16,25-28H2,1-2H3. The van der Waals surface area contributed by atoms with E-state index in [0.717, 1.165) is 53.3 Å². The van der Waals surface area contributed by atoms with Crippen LogP contribution in [0.5, 0.6) is 17.2 Å². The number of phenols is 1. The number of benzene rings is 4. The van der Waals surface area contributed by atoms with Crippen LogP contribution in [0.3, 0.4) is 0 Å². The molecule has 8 nitrogen and oxygen atoms in total. The number of unbranched alkanes of at least 4 members (excludes halogenated alkanes) is 1. The van der Waals surface area contributed by atoms with E-state index in [0.29, 0.717) is 43.9 Å². The lowest BCUT2D eigenvalue weighted by molar-refractivity contribution is -0.121. The Hall–Kier alpha value is -4.79. The SMILES string of the molecule is COc1ccc(CCC(=O)CC(O)CC2C=C(O)C=CC2CCCCc2cccc(NCC(C)O)c2)cc1OCc1ccc2cc(O)ccc2c1. The van der Waals surface area contributed by atoms with Crippen LogP contribution in [0, 0.1) is 11.8 Å². The lowest BCUT2D eigenvalue weighted by Crippen LogP contribution is -2.23. The molecule has 0 amide bonds. The molecule has 0 fully saturated rings. The highest BCUT2D eigenvalue weighted by molar-refractivity contribution is 5.84. The molecule has 5 rings (SSSR count). The van der Waals surface area contributed by atoms with Crippen LogP contribution in [0.2, 0.25) is 0 Å². The number of hydrogen-bond acceptors (Lipinski definition) is 8. The minimum absolute atomic E-state index is 0.00995. The third kappa shape index (κ3) is 11.6. The quantitative estimate of drug-likeness (QED) is 0.0622. The number of anilines is 1. The number of phenolic OH excluding ortho intramolecular Hbond substituents is 1. The summed E-state index contributed by atoms with van der Waals surface area (Å²) in [7, 11) is 1.59. The number of ketones is 1. The summed E-state index contributed by atoms with van der Waals surface area (Å²) >= 11 is 0. The number of nitrogens with one attached hydrogen (secondary N) is 1. The molecule has 4 aromatic carbocycles. The number of aliphatic hydroxyl groups is 3. The van der Waals surface area contributed by atoms with E-state index in [1.165, 1.54) is 5.56 Å². The Morgan fingerprint density at radius 3 is 2.45 bits per heavy atom. The molecule has 1 aliphatic carbocycles. The average molecular weight is 694 g/mol. The fraction of sp³-hybridized carbons (Fsp3) is 0.372. The molecule has 51 heavy (non-hydrogen) atoms. The first-order chi connectivity index (χ1) is 24.6. The number of fused-ring (bicyclic) bond motifs is 1. The highest BCUT2D eigenvalue weighted by atomic mass is 16.5. The minimum Gasteiger partial charge on any atom is -0.508 e. The van der Waals surface area contributed by atoms with Crippen molar-refractivity contribution in [2.24, 2.45) is 11.8 Å². The summed E-state index contributed by atoms with van der Waals surface area (Å²) in [4.78, 5) is 13.0. The Morgan fingerprint density at radius 1 is 0.843 bits per heavy atom. The molecule has 270 valence electrons. The first-order valence-corrected chi connectivity index (χ1v) is 18.0. The largest absolute Gasteiger partial charge is 0.508 e. The predicted octanol–water partition coefficient (Wildman–Crippen LogP) is 8.23. The van der Waals surface area contributed by atoms with Crippen LogP contribution in [0.1, 0.15) is 62.1 Å². The minimum atomic E-state index is -0.793. The van der Waals surface area contributed by atoms with Crippen LogP contribution in [-0.4, -0.2) is 52.1 Å². The second-order valence-corrected chi connectivity index (χ2v) is 13.7. The van der Waals surface area contributed by atoms with Crippen molar-refractivity contribution in [1.29, 1.82) is 0 Å². The Balaban J connectivity index is 1.07. The van der Waals surface area contributed by atoms with E-state index in [-0.39, 0.29) is 35.5 Å². The van der Waals surface area contributed by atoms with Crippen molar-refractivity contribution in [2.75, 3.05) is 19.0 Å². The van der Waals surface area contributed by atoms with Gasteiger partial charge in [-0.05, 0) is 133 Å². The monoisotopic (exact) mass is 693 g/mol. The number of ether oxygens (including phenoxy) is 2. The van der Waals surface area contributed by atoms with Gasteiger partial charge in [0, 0.05) is 25.1 Å². The van der Waals surface area contributed by atoms with Gasteiger partial charge < -0.3 is 35.2 Å². The van der Waals surface area contributed by atoms with Crippen molar-refractivity contribution in [3.8, 4) is 17.2 Å². The zero-order valence-corrected chi connectivity index (χ0v) is 29.6. The van der Waals surface area contributed by atoms with Gasteiger partial charge >= 0.3 is 0 Å². The van der Waals surface area contributed by atoms with Crippen molar-refractivity contribution >= 4 is 22.2 Å². The highest BCUT2D eigenvalue weighted by Crippen LogP contribution is 2.32. The maximum absolute atomic E-state index is 13.0. The molecule has 0 spiro atoms. The van der Waals surface area contributed by atoms with E-state index >= 15 is 0 Å². The van der Waals surface area contributed by atoms with Gasteiger partial charge in [0.2, 0.25) is 0 Å². The lowest BCUT2D eigenvalue weighted by atomic mass is 9.80. The molecule has 0 saturated carbocycles. The van der Waals surface area contributed by atoms with Crippen LogP contribution in [0.25, 0.3) is 10.8 Å². The summed E-state index contributed by atoms with van der Waals surface area (Å²) in [5.74, 6) is 1.77. The van der Waals surface area contributed by atoms with Crippen LogP contribution in [0.15, 0.2) is 103 Å². The molecule has 4 unspecified atom stereocenters. The van der Waals surface area contributed by atoms with E-state index in [1.807, 2.05) is 66.7 Å². The van der Waals surface area contributed by atoms with Crippen LogP contribution < -0.4 is 14.8 Å². The van der Waals surface area contributed by atoms with Gasteiger partial charge in [0.15, 0.2) is 11.5 Å². The van der Waals surface area contributed by atoms with Crippen molar-refractivity contribution < 1.29 is 34.7 Å². The second-order valence-electron chi connectivity index (χ2n) is 13.7. The van der Waals surface area contributed by atoms with Gasteiger partial charge in [-0.15, -0.1) is 0 Å². The normalized spacial score (nSPS) is 16.7. The average Bonchev–Trinajstić information content (AvgIpc) is 3.11. The fourth-order valence-corrected chi connectivity index (χ4v) is 6.70. The van der Waals surface area contributed by atoms with Crippen molar-refractivity contribution in [1.82, 2.24) is 0 Å². The summed E-state index contributed by atoms with van der Waals surface area (Å²) in [5, 5.41) is 45.7. The van der Waals surface area contributed by atoms with E-state index in [2.05, 4.69) is 17.4 Å². The Morgan fingerprint density at radius 2 is 1.63 bits per heavy atom. The number of methoxy groups -OCH3 is 1. The van der Waals surface area contributed by atoms with Gasteiger partial charge in [-0.2, -0.15) is 0 Å². The first-order valence-electron chi connectivity index (χ1n) is 18.0. The van der Waals surface area contributed by atoms with Crippen molar-refractivity contribution in [3.05, 3.63) is 120 Å². The molecular formula is C43H51NO7. The molecule has 0 aromatic heterocycles. The number of rotatable bonds is 19. The van der Waals surface area contributed by atoms with E-state index in [1.54, 1.807) is 32.2 Å². The number of carbonyl (C=O) groups excluding carboxylic acids is 1. The number of Topliss-reactive ketones (excluding diaryl/α,β-unsaturated/α-hetero) is 1.